The molecule has 0 aliphatic heterocycles. The third-order valence-electron chi connectivity index (χ3n) is 3.54. The number of ether oxygens (including phenoxy) is 1. The standard InChI is InChI=1S/C17H15F3N2O4/c1-22(10-6-4-3-5-7-10)16(25)21-15(24)11-8-13(23)14(26-2)9-12(11)17(18,19)20/h3-9,23H,1-2H3,(H,21,24,25). The van der Waals surface area contributed by atoms with Gasteiger partial charge in [-0.15, -0.1) is 0 Å². The number of para-hydroxylation sites is 1. The zero-order valence-corrected chi connectivity index (χ0v) is 13.8. The molecule has 0 atom stereocenters. The van der Waals surface area contributed by atoms with Crippen molar-refractivity contribution in [3.05, 3.63) is 53.6 Å². The molecular formula is C17H15F3N2O4. The Morgan fingerprint density at radius 3 is 2.31 bits per heavy atom. The van der Waals surface area contributed by atoms with E-state index in [-0.39, 0.29) is 0 Å². The van der Waals surface area contributed by atoms with E-state index < -0.39 is 40.7 Å². The normalized spacial score (nSPS) is 11.0. The Hall–Kier alpha value is -3.23. The highest BCUT2D eigenvalue weighted by atomic mass is 19.4. The van der Waals surface area contributed by atoms with E-state index in [2.05, 4.69) is 4.74 Å². The summed E-state index contributed by atoms with van der Waals surface area (Å²) in [6.45, 7) is 0. The third-order valence-corrected chi connectivity index (χ3v) is 3.54. The molecule has 6 nitrogen and oxygen atoms in total. The smallest absolute Gasteiger partial charge is 0.417 e. The number of hydrogen-bond acceptors (Lipinski definition) is 4. The van der Waals surface area contributed by atoms with Gasteiger partial charge in [0.25, 0.3) is 5.91 Å². The molecule has 0 aliphatic carbocycles. The average Bonchev–Trinajstić information content (AvgIpc) is 2.60. The molecule has 0 saturated heterocycles. The number of phenols is 1. The monoisotopic (exact) mass is 368 g/mol. The number of nitrogens with zero attached hydrogens (tertiary/aromatic N) is 1. The van der Waals surface area contributed by atoms with Gasteiger partial charge in [0.2, 0.25) is 0 Å². The number of hydrogen-bond donors (Lipinski definition) is 2. The molecule has 26 heavy (non-hydrogen) atoms. The van der Waals surface area contributed by atoms with Crippen molar-refractivity contribution >= 4 is 17.6 Å². The van der Waals surface area contributed by atoms with Crippen molar-refractivity contribution in [2.24, 2.45) is 0 Å². The molecule has 0 spiro atoms. The molecule has 0 heterocycles. The van der Waals surface area contributed by atoms with E-state index >= 15 is 0 Å². The van der Waals surface area contributed by atoms with Crippen molar-refractivity contribution in [2.75, 3.05) is 19.1 Å². The van der Waals surface area contributed by atoms with Gasteiger partial charge in [0.15, 0.2) is 11.5 Å². The van der Waals surface area contributed by atoms with E-state index in [0.717, 1.165) is 12.0 Å². The fourth-order valence-corrected chi connectivity index (χ4v) is 2.17. The minimum Gasteiger partial charge on any atom is -0.504 e. The maximum absolute atomic E-state index is 13.2. The number of methoxy groups -OCH3 is 1. The van der Waals surface area contributed by atoms with Crippen molar-refractivity contribution in [1.29, 1.82) is 0 Å². The lowest BCUT2D eigenvalue weighted by Gasteiger charge is -2.19. The maximum atomic E-state index is 13.2. The zero-order chi connectivity index (χ0) is 19.5. The number of benzene rings is 2. The predicted molar refractivity (Wildman–Crippen MR) is 87.4 cm³/mol. The van der Waals surface area contributed by atoms with Crippen LogP contribution in [0.5, 0.6) is 11.5 Å². The van der Waals surface area contributed by atoms with E-state index in [1.54, 1.807) is 30.3 Å². The Bertz CT molecular complexity index is 823. The number of halogens is 3. The summed E-state index contributed by atoms with van der Waals surface area (Å²) < 4.78 is 44.3. The molecule has 2 aromatic carbocycles. The van der Waals surface area contributed by atoms with Crippen molar-refractivity contribution in [1.82, 2.24) is 5.32 Å². The lowest BCUT2D eigenvalue weighted by atomic mass is 10.0. The second-order valence-electron chi connectivity index (χ2n) is 5.22. The Morgan fingerprint density at radius 1 is 1.15 bits per heavy atom. The fraction of sp³-hybridized carbons (Fsp3) is 0.176. The average molecular weight is 368 g/mol. The zero-order valence-electron chi connectivity index (χ0n) is 13.8. The predicted octanol–water partition coefficient (Wildman–Crippen LogP) is 3.41. The number of carbonyl (C=O) groups is 2. The second-order valence-corrected chi connectivity index (χ2v) is 5.22. The fourth-order valence-electron chi connectivity index (χ4n) is 2.17. The van der Waals surface area contributed by atoms with E-state index in [1.807, 2.05) is 5.32 Å². The molecule has 0 radical (unpaired) electrons. The van der Waals surface area contributed by atoms with Gasteiger partial charge in [-0.1, -0.05) is 18.2 Å². The second kappa shape index (κ2) is 7.34. The quantitative estimate of drug-likeness (QED) is 0.870. The first kappa shape index (κ1) is 19.1. The van der Waals surface area contributed by atoms with Crippen LogP contribution >= 0.6 is 0 Å². The first-order valence-corrected chi connectivity index (χ1v) is 7.27. The van der Waals surface area contributed by atoms with Crippen molar-refractivity contribution in [3.63, 3.8) is 0 Å². The highest BCUT2D eigenvalue weighted by molar-refractivity contribution is 6.09. The molecule has 138 valence electrons. The molecule has 2 N–H and O–H groups in total. The van der Waals surface area contributed by atoms with Crippen LogP contribution in [0, 0.1) is 0 Å². The summed E-state index contributed by atoms with van der Waals surface area (Å²) in [4.78, 5) is 25.4. The Balaban J connectivity index is 2.32. The first-order valence-electron chi connectivity index (χ1n) is 7.27. The van der Waals surface area contributed by atoms with Gasteiger partial charge in [0.1, 0.15) is 0 Å². The first-order chi connectivity index (χ1) is 12.1. The Labute approximate surface area is 146 Å². The maximum Gasteiger partial charge on any atom is 0.417 e. The highest BCUT2D eigenvalue weighted by Gasteiger charge is 2.37. The van der Waals surface area contributed by atoms with E-state index in [9.17, 15) is 27.9 Å². The lowest BCUT2D eigenvalue weighted by molar-refractivity contribution is -0.138. The number of amides is 3. The number of aromatic hydroxyl groups is 1. The van der Waals surface area contributed by atoms with Gasteiger partial charge in [0, 0.05) is 12.7 Å². The summed E-state index contributed by atoms with van der Waals surface area (Å²) in [6, 6.07) is 8.38. The molecule has 9 heteroatoms. The number of rotatable bonds is 3. The van der Waals surface area contributed by atoms with Crippen LogP contribution < -0.4 is 15.0 Å². The van der Waals surface area contributed by atoms with E-state index in [1.165, 1.54) is 7.05 Å². The van der Waals surface area contributed by atoms with Crippen LogP contribution in [-0.4, -0.2) is 31.2 Å². The summed E-state index contributed by atoms with van der Waals surface area (Å²) in [5.41, 5.74) is -1.79. The van der Waals surface area contributed by atoms with Gasteiger partial charge >= 0.3 is 12.2 Å². The van der Waals surface area contributed by atoms with Gasteiger partial charge in [-0.25, -0.2) is 4.79 Å². The molecule has 0 fully saturated rings. The number of nitrogens with one attached hydrogen (secondary N) is 1. The highest BCUT2D eigenvalue weighted by Crippen LogP contribution is 2.38. The van der Waals surface area contributed by atoms with Gasteiger partial charge in [-0.2, -0.15) is 13.2 Å². The topological polar surface area (TPSA) is 78.9 Å². The van der Waals surface area contributed by atoms with Crippen LogP contribution in [0.1, 0.15) is 15.9 Å². The molecule has 0 saturated carbocycles. The minimum absolute atomic E-state index is 0.437. The van der Waals surface area contributed by atoms with Gasteiger partial charge < -0.3 is 9.84 Å². The number of phenolic OH excluding ortho intramolecular Hbond substituents is 1. The molecule has 0 aliphatic rings. The SMILES string of the molecule is COc1cc(C(F)(F)F)c(C(=O)NC(=O)N(C)c2ccccc2)cc1O. The molecule has 0 unspecified atom stereocenters. The van der Waals surface area contributed by atoms with Gasteiger partial charge in [-0.3, -0.25) is 15.0 Å². The lowest BCUT2D eigenvalue weighted by Crippen LogP contribution is -2.41. The number of carbonyl (C=O) groups excluding carboxylic acids is 2. The third kappa shape index (κ3) is 4.05. The minimum atomic E-state index is -4.89. The van der Waals surface area contributed by atoms with Crippen LogP contribution in [0.15, 0.2) is 42.5 Å². The van der Waals surface area contributed by atoms with Crippen molar-refractivity contribution in [3.8, 4) is 11.5 Å². The van der Waals surface area contributed by atoms with E-state index in [4.69, 9.17) is 0 Å². The largest absolute Gasteiger partial charge is 0.504 e. The number of alkyl halides is 3. The number of imide groups is 1. The van der Waals surface area contributed by atoms with Crippen LogP contribution in [-0.2, 0) is 6.18 Å². The molecule has 0 bridgehead atoms. The van der Waals surface area contributed by atoms with E-state index in [0.29, 0.717) is 17.8 Å². The van der Waals surface area contributed by atoms with Crippen LogP contribution in [0.4, 0.5) is 23.7 Å². The van der Waals surface area contributed by atoms with Gasteiger partial charge in [-0.05, 0) is 24.3 Å². The molecule has 0 aromatic heterocycles. The summed E-state index contributed by atoms with van der Waals surface area (Å²) in [5, 5.41) is 11.6. The van der Waals surface area contributed by atoms with Crippen LogP contribution in [0.25, 0.3) is 0 Å². The van der Waals surface area contributed by atoms with Crippen LogP contribution in [0.3, 0.4) is 0 Å². The molecule has 2 aromatic rings. The molecule has 2 rings (SSSR count). The number of anilines is 1. The summed E-state index contributed by atoms with van der Waals surface area (Å²) in [6.07, 6.45) is -4.89. The Morgan fingerprint density at radius 2 is 1.77 bits per heavy atom. The molecule has 3 amide bonds. The molecular weight excluding hydrogens is 353 g/mol. The number of urea groups is 1. The van der Waals surface area contributed by atoms with Crippen LogP contribution in [0.2, 0.25) is 0 Å². The van der Waals surface area contributed by atoms with Crippen molar-refractivity contribution in [2.45, 2.75) is 6.18 Å². The Kier molecular flexibility index (Phi) is 5.39. The summed E-state index contributed by atoms with van der Waals surface area (Å²) >= 11 is 0. The summed E-state index contributed by atoms with van der Waals surface area (Å²) in [7, 11) is 2.43. The van der Waals surface area contributed by atoms with Gasteiger partial charge in [0.05, 0.1) is 18.2 Å². The van der Waals surface area contributed by atoms with Crippen molar-refractivity contribution < 1.29 is 32.6 Å². The summed E-state index contributed by atoms with van der Waals surface area (Å²) in [5.74, 6) is -2.40.